The van der Waals surface area contributed by atoms with Crippen LogP contribution >= 0.6 is 11.5 Å². The Balaban J connectivity index is 1.42. The van der Waals surface area contributed by atoms with Gasteiger partial charge in [0.05, 0.1) is 17.1 Å². The first-order valence-corrected chi connectivity index (χ1v) is 8.27. The minimum Gasteiger partial charge on any atom is -0.351 e. The molecule has 0 aromatic carbocycles. The number of nitrogens with one attached hydrogen (secondary N) is 1. The number of rotatable bonds is 7. The molecule has 0 aliphatic carbocycles. The van der Waals surface area contributed by atoms with Crippen molar-refractivity contribution in [2.75, 3.05) is 0 Å². The number of aryl methyl sites for hydroxylation is 2. The Bertz CT molecular complexity index is 801. The zero-order chi connectivity index (χ0) is 16.8. The van der Waals surface area contributed by atoms with E-state index in [1.807, 2.05) is 19.1 Å². The van der Waals surface area contributed by atoms with Gasteiger partial charge < -0.3 is 9.84 Å². The molecule has 0 fully saturated rings. The van der Waals surface area contributed by atoms with Gasteiger partial charge in [0.2, 0.25) is 17.6 Å². The van der Waals surface area contributed by atoms with Crippen LogP contribution in [0.5, 0.6) is 0 Å². The van der Waals surface area contributed by atoms with Crippen molar-refractivity contribution in [2.45, 2.75) is 32.7 Å². The van der Waals surface area contributed by atoms with Crippen LogP contribution in [0.15, 0.2) is 29.0 Å². The first kappa shape index (κ1) is 16.2. The number of pyridine rings is 1. The number of hydrogen-bond donors (Lipinski definition) is 1. The van der Waals surface area contributed by atoms with E-state index < -0.39 is 0 Å². The lowest BCUT2D eigenvalue weighted by atomic mass is 10.2. The molecule has 0 saturated carbocycles. The Morgan fingerprint density at radius 2 is 2.33 bits per heavy atom. The van der Waals surface area contributed by atoms with Gasteiger partial charge >= 0.3 is 0 Å². The Kier molecular flexibility index (Phi) is 5.22. The molecule has 0 bridgehead atoms. The first-order valence-electron chi connectivity index (χ1n) is 7.50. The van der Waals surface area contributed by atoms with Crippen LogP contribution in [-0.4, -0.2) is 30.6 Å². The van der Waals surface area contributed by atoms with Crippen molar-refractivity contribution in [1.29, 1.82) is 0 Å². The summed E-state index contributed by atoms with van der Waals surface area (Å²) in [5, 5.41) is 10.7. The van der Waals surface area contributed by atoms with Crippen LogP contribution in [0.2, 0.25) is 0 Å². The highest BCUT2D eigenvalue weighted by atomic mass is 32.1. The third kappa shape index (κ3) is 4.19. The molecule has 3 rings (SSSR count). The molecule has 0 aliphatic rings. The van der Waals surface area contributed by atoms with Gasteiger partial charge in [-0.3, -0.25) is 9.78 Å². The summed E-state index contributed by atoms with van der Waals surface area (Å²) in [4.78, 5) is 21.1. The highest BCUT2D eigenvalue weighted by Crippen LogP contribution is 2.14. The Hall–Kier alpha value is -2.68. The summed E-state index contributed by atoms with van der Waals surface area (Å²) in [6.45, 7) is 2.34. The molecule has 0 saturated heterocycles. The van der Waals surface area contributed by atoms with Gasteiger partial charge in [-0.05, 0) is 37.0 Å². The van der Waals surface area contributed by atoms with Gasteiger partial charge in [-0.1, -0.05) is 9.64 Å². The molecule has 3 heterocycles. The fourth-order valence-electron chi connectivity index (χ4n) is 2.05. The smallest absolute Gasteiger partial charge is 0.226 e. The minimum absolute atomic E-state index is 0.0187. The van der Waals surface area contributed by atoms with Crippen molar-refractivity contribution in [3.63, 3.8) is 0 Å². The molecule has 0 radical (unpaired) electrons. The molecule has 3 aromatic heterocycles. The number of carbonyl (C=O) groups excluding carboxylic acids is 1. The maximum atomic E-state index is 11.8. The van der Waals surface area contributed by atoms with Crippen LogP contribution in [0, 0.1) is 6.92 Å². The average Bonchev–Trinajstić information content (AvgIpc) is 3.23. The summed E-state index contributed by atoms with van der Waals surface area (Å²) in [6.07, 6.45) is 4.96. The van der Waals surface area contributed by atoms with Crippen molar-refractivity contribution in [3.8, 4) is 11.4 Å². The maximum absolute atomic E-state index is 11.8. The molecule has 9 heteroatoms. The fourth-order valence-corrected chi connectivity index (χ4v) is 2.62. The highest BCUT2D eigenvalue weighted by Gasteiger charge is 2.10. The van der Waals surface area contributed by atoms with Crippen LogP contribution in [0.3, 0.4) is 0 Å². The molecule has 0 atom stereocenters. The Morgan fingerprint density at radius 1 is 1.42 bits per heavy atom. The van der Waals surface area contributed by atoms with E-state index in [9.17, 15) is 4.79 Å². The predicted octanol–water partition coefficient (Wildman–Crippen LogP) is 1.93. The lowest BCUT2D eigenvalue weighted by Crippen LogP contribution is -2.22. The van der Waals surface area contributed by atoms with Gasteiger partial charge in [-0.25, -0.2) is 0 Å². The van der Waals surface area contributed by atoms with E-state index in [4.69, 9.17) is 4.52 Å². The van der Waals surface area contributed by atoms with Gasteiger partial charge in [0.25, 0.3) is 0 Å². The molecule has 124 valence electrons. The monoisotopic (exact) mass is 344 g/mol. The van der Waals surface area contributed by atoms with E-state index in [2.05, 4.69) is 30.0 Å². The molecule has 8 nitrogen and oxygen atoms in total. The van der Waals surface area contributed by atoms with E-state index in [-0.39, 0.29) is 5.91 Å². The lowest BCUT2D eigenvalue weighted by molar-refractivity contribution is -0.121. The number of hydrogen-bond acceptors (Lipinski definition) is 8. The average molecular weight is 344 g/mol. The molecular formula is C15H16N6O2S. The molecular weight excluding hydrogens is 328 g/mol. The van der Waals surface area contributed by atoms with Gasteiger partial charge in [0.15, 0.2) is 0 Å². The lowest BCUT2D eigenvalue weighted by Gasteiger charge is -2.02. The fraction of sp³-hybridized carbons (Fsp3) is 0.333. The molecule has 0 aliphatic heterocycles. The van der Waals surface area contributed by atoms with E-state index in [0.717, 1.165) is 16.1 Å². The summed E-state index contributed by atoms with van der Waals surface area (Å²) in [5.41, 5.74) is 1.66. The Labute approximate surface area is 142 Å². The first-order chi connectivity index (χ1) is 11.7. The summed E-state index contributed by atoms with van der Waals surface area (Å²) in [6, 6.07) is 3.68. The van der Waals surface area contributed by atoms with Crippen molar-refractivity contribution in [1.82, 2.24) is 30.0 Å². The topological polar surface area (TPSA) is 107 Å². The van der Waals surface area contributed by atoms with Crippen molar-refractivity contribution < 1.29 is 9.32 Å². The number of aromatic nitrogens is 5. The second kappa shape index (κ2) is 7.73. The summed E-state index contributed by atoms with van der Waals surface area (Å²) < 4.78 is 9.04. The summed E-state index contributed by atoms with van der Waals surface area (Å²) in [5.74, 6) is 1.01. The van der Waals surface area contributed by atoms with Crippen molar-refractivity contribution in [3.05, 3.63) is 41.0 Å². The van der Waals surface area contributed by atoms with Gasteiger partial charge in [0.1, 0.15) is 0 Å². The van der Waals surface area contributed by atoms with Crippen LogP contribution < -0.4 is 5.32 Å². The second-order valence-electron chi connectivity index (χ2n) is 5.17. The number of nitrogens with zero attached hydrogens (tertiary/aromatic N) is 5. The number of amides is 1. The van der Waals surface area contributed by atoms with E-state index in [0.29, 0.717) is 37.5 Å². The van der Waals surface area contributed by atoms with Crippen LogP contribution in [0.4, 0.5) is 0 Å². The van der Waals surface area contributed by atoms with Crippen LogP contribution in [0.25, 0.3) is 11.4 Å². The molecule has 1 N–H and O–H groups in total. The minimum atomic E-state index is -0.0187. The van der Waals surface area contributed by atoms with Crippen LogP contribution in [-0.2, 0) is 17.8 Å². The van der Waals surface area contributed by atoms with Gasteiger partial charge in [-0.2, -0.15) is 4.98 Å². The molecule has 3 aromatic rings. The van der Waals surface area contributed by atoms with Crippen molar-refractivity contribution in [2.24, 2.45) is 0 Å². The SMILES string of the molecule is Cc1nnsc1CNC(=O)CCCc1nc(-c2cccnc2)no1. The zero-order valence-electron chi connectivity index (χ0n) is 13.1. The predicted molar refractivity (Wildman–Crippen MR) is 87.0 cm³/mol. The van der Waals surface area contributed by atoms with E-state index >= 15 is 0 Å². The zero-order valence-corrected chi connectivity index (χ0v) is 13.9. The maximum Gasteiger partial charge on any atom is 0.226 e. The molecule has 0 spiro atoms. The van der Waals surface area contributed by atoms with Gasteiger partial charge in [-0.15, -0.1) is 5.10 Å². The second-order valence-corrected chi connectivity index (χ2v) is 6.00. The highest BCUT2D eigenvalue weighted by molar-refractivity contribution is 7.05. The van der Waals surface area contributed by atoms with E-state index in [1.165, 1.54) is 11.5 Å². The summed E-state index contributed by atoms with van der Waals surface area (Å²) >= 11 is 1.30. The van der Waals surface area contributed by atoms with E-state index in [1.54, 1.807) is 12.4 Å². The third-order valence-corrected chi connectivity index (χ3v) is 4.20. The largest absolute Gasteiger partial charge is 0.351 e. The van der Waals surface area contributed by atoms with Crippen LogP contribution in [0.1, 0.15) is 29.3 Å². The molecule has 1 amide bonds. The normalized spacial score (nSPS) is 10.7. The summed E-state index contributed by atoms with van der Waals surface area (Å²) in [7, 11) is 0. The quantitative estimate of drug-likeness (QED) is 0.698. The molecule has 0 unspecified atom stereocenters. The Morgan fingerprint density at radius 3 is 3.08 bits per heavy atom. The molecule has 24 heavy (non-hydrogen) atoms. The standard InChI is InChI=1S/C15H16N6O2S/c1-10-12(24-21-19-10)9-17-13(22)5-2-6-14-18-15(20-23-14)11-4-3-7-16-8-11/h3-4,7-8H,2,5-6,9H2,1H3,(H,17,22). The van der Waals surface area contributed by atoms with Crippen molar-refractivity contribution >= 4 is 17.4 Å². The third-order valence-electron chi connectivity index (χ3n) is 3.37. The van der Waals surface area contributed by atoms with Gasteiger partial charge in [0, 0.05) is 30.8 Å². The number of carbonyl (C=O) groups is 1.